The van der Waals surface area contributed by atoms with Crippen LogP contribution in [-0.2, 0) is 11.2 Å². The first-order valence-corrected chi connectivity index (χ1v) is 6.79. The third kappa shape index (κ3) is 5.30. The molecule has 0 aliphatic carbocycles. The Morgan fingerprint density at radius 1 is 1.42 bits per heavy atom. The van der Waals surface area contributed by atoms with E-state index in [1.54, 1.807) is 0 Å². The molecule has 19 heavy (non-hydrogen) atoms. The van der Waals surface area contributed by atoms with Crippen LogP contribution in [0.5, 0.6) is 0 Å². The maximum Gasteiger partial charge on any atom is 0.223 e. The van der Waals surface area contributed by atoms with Crippen LogP contribution < -0.4 is 5.73 Å². The predicted molar refractivity (Wildman–Crippen MR) is 77.7 cm³/mol. The molecule has 1 aromatic rings. The molecule has 0 aliphatic rings. The Morgan fingerprint density at radius 3 is 2.74 bits per heavy atom. The highest BCUT2D eigenvalue weighted by Crippen LogP contribution is 2.11. The molecule has 1 rings (SSSR count). The lowest BCUT2D eigenvalue weighted by Crippen LogP contribution is -2.38. The molecule has 0 saturated heterocycles. The van der Waals surface area contributed by atoms with Gasteiger partial charge >= 0.3 is 0 Å². The zero-order valence-electron chi connectivity index (χ0n) is 11.8. The Labute approximate surface area is 115 Å². The molecule has 0 fully saturated rings. The molecular weight excluding hydrogens is 240 g/mol. The molecule has 0 atom stereocenters. The van der Waals surface area contributed by atoms with Gasteiger partial charge < -0.3 is 15.7 Å². The van der Waals surface area contributed by atoms with Gasteiger partial charge in [0.15, 0.2) is 0 Å². The quantitative estimate of drug-likeness (QED) is 0.738. The lowest BCUT2D eigenvalue weighted by atomic mass is 10.1. The monoisotopic (exact) mass is 264 g/mol. The van der Waals surface area contributed by atoms with E-state index in [4.69, 9.17) is 10.8 Å². The number of nitrogens with two attached hydrogens (primary N) is 1. The van der Waals surface area contributed by atoms with E-state index in [0.717, 1.165) is 11.3 Å². The van der Waals surface area contributed by atoms with Gasteiger partial charge in [-0.25, -0.2) is 0 Å². The van der Waals surface area contributed by atoms with Gasteiger partial charge in [0.25, 0.3) is 0 Å². The number of carbonyl (C=O) groups is 1. The highest BCUT2D eigenvalue weighted by Gasteiger charge is 2.15. The number of benzene rings is 1. The van der Waals surface area contributed by atoms with Gasteiger partial charge in [0, 0.05) is 31.3 Å². The van der Waals surface area contributed by atoms with E-state index >= 15 is 0 Å². The second-order valence-electron chi connectivity index (χ2n) is 5.00. The van der Waals surface area contributed by atoms with E-state index in [2.05, 4.69) is 0 Å². The summed E-state index contributed by atoms with van der Waals surface area (Å²) >= 11 is 0. The molecule has 3 N–H and O–H groups in total. The number of amides is 1. The van der Waals surface area contributed by atoms with Gasteiger partial charge in [-0.2, -0.15) is 0 Å². The molecule has 0 spiro atoms. The van der Waals surface area contributed by atoms with Crippen molar-refractivity contribution in [3.05, 3.63) is 29.8 Å². The number of nitrogen functional groups attached to an aromatic ring is 1. The molecule has 0 aromatic heterocycles. The summed E-state index contributed by atoms with van der Waals surface area (Å²) in [7, 11) is 0. The third-order valence-corrected chi connectivity index (χ3v) is 3.08. The van der Waals surface area contributed by atoms with E-state index in [-0.39, 0.29) is 18.6 Å². The lowest BCUT2D eigenvalue weighted by Gasteiger charge is -2.26. The van der Waals surface area contributed by atoms with Gasteiger partial charge in [-0.15, -0.1) is 0 Å². The largest absolute Gasteiger partial charge is 0.399 e. The summed E-state index contributed by atoms with van der Waals surface area (Å²) in [4.78, 5) is 14.0. The topological polar surface area (TPSA) is 66.6 Å². The molecule has 0 saturated carbocycles. The molecule has 0 unspecified atom stereocenters. The second kappa shape index (κ2) is 7.79. The Balaban J connectivity index is 2.52. The fourth-order valence-corrected chi connectivity index (χ4v) is 2.06. The van der Waals surface area contributed by atoms with Gasteiger partial charge in [0.05, 0.1) is 0 Å². The lowest BCUT2D eigenvalue weighted by molar-refractivity contribution is -0.133. The number of anilines is 1. The molecular formula is C15H24N2O2. The minimum Gasteiger partial charge on any atom is -0.399 e. The summed E-state index contributed by atoms with van der Waals surface area (Å²) in [5, 5.41) is 8.87. The van der Waals surface area contributed by atoms with Crippen LogP contribution >= 0.6 is 0 Å². The summed E-state index contributed by atoms with van der Waals surface area (Å²) in [6.45, 7) is 4.72. The maximum absolute atomic E-state index is 12.2. The minimum absolute atomic E-state index is 0.117. The minimum atomic E-state index is 0.117. The Bertz CT molecular complexity index is 405. The van der Waals surface area contributed by atoms with Gasteiger partial charge in [-0.1, -0.05) is 12.1 Å². The zero-order valence-corrected chi connectivity index (χ0v) is 11.8. The van der Waals surface area contributed by atoms with Crippen molar-refractivity contribution in [2.24, 2.45) is 0 Å². The van der Waals surface area contributed by atoms with Crippen molar-refractivity contribution in [1.82, 2.24) is 4.90 Å². The summed E-state index contributed by atoms with van der Waals surface area (Å²) in [6.07, 6.45) is 1.81. The van der Waals surface area contributed by atoms with Gasteiger partial charge in [0.1, 0.15) is 0 Å². The number of nitrogens with zero attached hydrogens (tertiary/aromatic N) is 1. The summed E-state index contributed by atoms with van der Waals surface area (Å²) in [6, 6.07) is 7.80. The Kier molecular flexibility index (Phi) is 6.36. The molecule has 106 valence electrons. The number of hydrogen-bond acceptors (Lipinski definition) is 3. The number of aliphatic hydroxyl groups excluding tert-OH is 1. The normalized spacial score (nSPS) is 10.7. The highest BCUT2D eigenvalue weighted by atomic mass is 16.3. The van der Waals surface area contributed by atoms with Crippen LogP contribution in [0, 0.1) is 0 Å². The predicted octanol–water partition coefficient (Wildman–Crippen LogP) is 1.82. The average Bonchev–Trinajstić information content (AvgIpc) is 2.36. The molecule has 0 radical (unpaired) electrons. The van der Waals surface area contributed by atoms with Crippen molar-refractivity contribution in [1.29, 1.82) is 0 Å². The van der Waals surface area contributed by atoms with Crippen LogP contribution in [0.25, 0.3) is 0 Å². The summed E-state index contributed by atoms with van der Waals surface area (Å²) in [5.74, 6) is 0.130. The van der Waals surface area contributed by atoms with E-state index in [9.17, 15) is 4.79 Å². The van der Waals surface area contributed by atoms with Crippen LogP contribution in [0.4, 0.5) is 5.69 Å². The summed E-state index contributed by atoms with van der Waals surface area (Å²) < 4.78 is 0. The van der Waals surface area contributed by atoms with Crippen LogP contribution in [-0.4, -0.2) is 35.1 Å². The number of rotatable bonds is 7. The van der Waals surface area contributed by atoms with Crippen LogP contribution in [0.15, 0.2) is 24.3 Å². The van der Waals surface area contributed by atoms with Gasteiger partial charge in [-0.05, 0) is 44.4 Å². The molecule has 1 amide bonds. The van der Waals surface area contributed by atoms with Crippen LogP contribution in [0.2, 0.25) is 0 Å². The van der Waals surface area contributed by atoms with E-state index < -0.39 is 0 Å². The zero-order chi connectivity index (χ0) is 14.3. The SMILES string of the molecule is CC(C)N(CCCO)C(=O)CCc1cccc(N)c1. The second-order valence-corrected chi connectivity index (χ2v) is 5.00. The standard InChI is InChI=1S/C15H24N2O2/c1-12(2)17(9-4-10-18)15(19)8-7-13-5-3-6-14(16)11-13/h3,5-6,11-12,18H,4,7-10,16H2,1-2H3. The molecule has 0 aliphatic heterocycles. The Morgan fingerprint density at radius 2 is 2.16 bits per heavy atom. The van der Waals surface area contributed by atoms with Crippen molar-refractivity contribution in [2.75, 3.05) is 18.9 Å². The van der Waals surface area contributed by atoms with Crippen LogP contribution in [0.3, 0.4) is 0 Å². The van der Waals surface area contributed by atoms with Gasteiger partial charge in [0.2, 0.25) is 5.91 Å². The Hall–Kier alpha value is -1.55. The first kappa shape index (κ1) is 15.5. The number of carbonyl (C=O) groups excluding carboxylic acids is 1. The molecule has 4 heteroatoms. The molecule has 4 nitrogen and oxygen atoms in total. The third-order valence-electron chi connectivity index (χ3n) is 3.08. The van der Waals surface area contributed by atoms with Crippen molar-refractivity contribution in [3.63, 3.8) is 0 Å². The summed E-state index contributed by atoms with van der Waals surface area (Å²) in [5.41, 5.74) is 7.53. The van der Waals surface area contributed by atoms with E-state index in [1.807, 2.05) is 43.0 Å². The molecule has 0 heterocycles. The van der Waals surface area contributed by atoms with Gasteiger partial charge in [-0.3, -0.25) is 4.79 Å². The van der Waals surface area contributed by atoms with E-state index in [0.29, 0.717) is 25.8 Å². The van der Waals surface area contributed by atoms with Crippen LogP contribution in [0.1, 0.15) is 32.3 Å². The van der Waals surface area contributed by atoms with Crippen molar-refractivity contribution >= 4 is 11.6 Å². The number of aliphatic hydroxyl groups is 1. The molecule has 1 aromatic carbocycles. The first-order valence-electron chi connectivity index (χ1n) is 6.79. The fourth-order valence-electron chi connectivity index (χ4n) is 2.06. The molecule has 0 bridgehead atoms. The maximum atomic E-state index is 12.2. The average molecular weight is 264 g/mol. The number of aryl methyl sites for hydroxylation is 1. The van der Waals surface area contributed by atoms with Crippen molar-refractivity contribution in [3.8, 4) is 0 Å². The highest BCUT2D eigenvalue weighted by molar-refractivity contribution is 5.76. The smallest absolute Gasteiger partial charge is 0.223 e. The van der Waals surface area contributed by atoms with E-state index in [1.165, 1.54) is 0 Å². The fraction of sp³-hybridized carbons (Fsp3) is 0.533. The number of hydrogen-bond donors (Lipinski definition) is 2. The first-order chi connectivity index (χ1) is 9.04. The van der Waals surface area contributed by atoms with Crippen molar-refractivity contribution < 1.29 is 9.90 Å². The van der Waals surface area contributed by atoms with Crippen molar-refractivity contribution in [2.45, 2.75) is 39.2 Å².